The van der Waals surface area contributed by atoms with Gasteiger partial charge >= 0.3 is 0 Å². The summed E-state index contributed by atoms with van der Waals surface area (Å²) in [5, 5.41) is 3.59. The molecule has 0 amide bonds. The monoisotopic (exact) mass is 269 g/mol. The highest BCUT2D eigenvalue weighted by Gasteiger charge is 2.14. The first-order valence-corrected chi connectivity index (χ1v) is 7.76. The molecule has 3 aliphatic heterocycles. The van der Waals surface area contributed by atoms with Crippen LogP contribution in [-0.2, 0) is 0 Å². The number of rotatable bonds is 0. The highest BCUT2D eigenvalue weighted by atomic mass is 15.3. The maximum Gasteiger partial charge on any atom is 0.0110 e. The molecule has 0 saturated carbocycles. The molecule has 0 aliphatic carbocycles. The lowest BCUT2D eigenvalue weighted by molar-refractivity contribution is 0.147. The molecular weight excluding hydrogens is 238 g/mol. The molecule has 3 saturated heterocycles. The average molecular weight is 269 g/mol. The Hall–Kier alpha value is -0.200. The van der Waals surface area contributed by atoms with Crippen molar-refractivity contribution in [2.24, 2.45) is 0 Å². The van der Waals surface area contributed by atoms with Crippen LogP contribution in [0.4, 0.5) is 0 Å². The van der Waals surface area contributed by atoms with Crippen LogP contribution >= 0.6 is 0 Å². The van der Waals surface area contributed by atoms with Crippen molar-refractivity contribution in [2.75, 3.05) is 92.6 Å². The van der Waals surface area contributed by atoms with Gasteiger partial charge in [0.15, 0.2) is 0 Å². The Morgan fingerprint density at radius 3 is 1.26 bits per heavy atom. The summed E-state index contributed by atoms with van der Waals surface area (Å²) in [6, 6.07) is 0. The van der Waals surface area contributed by atoms with E-state index in [1.54, 1.807) is 0 Å². The van der Waals surface area contributed by atoms with E-state index in [0.29, 0.717) is 0 Å². The second kappa shape index (κ2) is 8.17. The Labute approximate surface area is 118 Å². The molecule has 3 heterocycles. The summed E-state index contributed by atoms with van der Waals surface area (Å²) in [5.74, 6) is 0. The lowest BCUT2D eigenvalue weighted by atomic mass is 10.3. The minimum absolute atomic E-state index is 1.13. The second-order valence-corrected chi connectivity index (χ2v) is 6.04. The first-order valence-electron chi connectivity index (χ1n) is 7.76. The van der Waals surface area contributed by atoms with Crippen LogP contribution in [-0.4, -0.2) is 112 Å². The van der Waals surface area contributed by atoms with Crippen molar-refractivity contribution in [3.63, 3.8) is 0 Å². The summed E-state index contributed by atoms with van der Waals surface area (Å²) in [5.41, 5.74) is 0. The molecule has 0 aromatic carbocycles. The van der Waals surface area contributed by atoms with Gasteiger partial charge in [-0.2, -0.15) is 0 Å². The second-order valence-electron chi connectivity index (χ2n) is 6.04. The maximum absolute atomic E-state index is 3.59. The molecular formula is C14H31N5. The molecule has 1 N–H and O–H groups in total. The highest BCUT2D eigenvalue weighted by molar-refractivity contribution is 4.71. The molecule has 0 aromatic heterocycles. The van der Waals surface area contributed by atoms with Gasteiger partial charge in [-0.1, -0.05) is 0 Å². The smallest absolute Gasteiger partial charge is 0.0110 e. The third-order valence-electron chi connectivity index (χ3n) is 4.40. The van der Waals surface area contributed by atoms with Gasteiger partial charge in [0, 0.05) is 78.5 Å². The zero-order valence-corrected chi connectivity index (χ0v) is 12.8. The zero-order chi connectivity index (χ0) is 13.5. The molecule has 0 radical (unpaired) electrons. The summed E-state index contributed by atoms with van der Waals surface area (Å²) in [4.78, 5) is 10.2. The molecule has 0 unspecified atom stereocenters. The Morgan fingerprint density at radius 1 is 0.526 bits per heavy atom. The van der Waals surface area contributed by atoms with Crippen molar-refractivity contribution in [2.45, 2.75) is 0 Å². The fraction of sp³-hybridized carbons (Fsp3) is 1.00. The highest BCUT2D eigenvalue weighted by Crippen LogP contribution is 1.98. The van der Waals surface area contributed by atoms with Crippen LogP contribution in [0.15, 0.2) is 0 Å². The number of nitrogens with one attached hydrogen (secondary N) is 1. The summed E-state index contributed by atoms with van der Waals surface area (Å²) >= 11 is 0. The Kier molecular flexibility index (Phi) is 6.53. The van der Waals surface area contributed by atoms with Gasteiger partial charge in [-0.05, 0) is 14.1 Å². The predicted octanol–water partition coefficient (Wildman–Crippen LogP) is -0.929. The van der Waals surface area contributed by atoms with E-state index in [-0.39, 0.29) is 0 Å². The van der Waals surface area contributed by atoms with Gasteiger partial charge < -0.3 is 15.1 Å². The minimum atomic E-state index is 1.13. The number of nitrogens with zero attached hydrogens (tertiary/aromatic N) is 4. The normalized spacial score (nSPS) is 33.8. The minimum Gasteiger partial charge on any atom is -0.314 e. The third-order valence-corrected chi connectivity index (χ3v) is 4.40. The van der Waals surface area contributed by atoms with Crippen LogP contribution < -0.4 is 5.32 Å². The van der Waals surface area contributed by atoms with Gasteiger partial charge in [0.2, 0.25) is 0 Å². The quantitative estimate of drug-likeness (QED) is 0.613. The number of hydrogen-bond acceptors (Lipinski definition) is 5. The molecule has 0 spiro atoms. The van der Waals surface area contributed by atoms with Gasteiger partial charge in [-0.25, -0.2) is 0 Å². The Balaban J connectivity index is 2.00. The topological polar surface area (TPSA) is 25.0 Å². The van der Waals surface area contributed by atoms with Gasteiger partial charge in [0.25, 0.3) is 0 Å². The van der Waals surface area contributed by atoms with Gasteiger partial charge in [0.1, 0.15) is 0 Å². The molecule has 3 rings (SSSR count). The van der Waals surface area contributed by atoms with E-state index in [2.05, 4.69) is 39.0 Å². The molecule has 3 fully saturated rings. The lowest BCUT2D eigenvalue weighted by Gasteiger charge is -2.33. The molecule has 5 heteroatoms. The van der Waals surface area contributed by atoms with Crippen LogP contribution in [0.2, 0.25) is 0 Å². The SMILES string of the molecule is CN1CCN2CCNCCN(CC1)CCN(C)CC2. The third kappa shape index (κ3) is 5.75. The first kappa shape index (κ1) is 15.2. The lowest BCUT2D eigenvalue weighted by Crippen LogP contribution is -2.48. The van der Waals surface area contributed by atoms with E-state index >= 15 is 0 Å². The fourth-order valence-electron chi connectivity index (χ4n) is 2.74. The van der Waals surface area contributed by atoms with Crippen LogP contribution in [0.1, 0.15) is 0 Å². The molecule has 0 atom stereocenters. The predicted molar refractivity (Wildman–Crippen MR) is 80.7 cm³/mol. The summed E-state index contributed by atoms with van der Waals surface area (Å²) in [6.07, 6.45) is 0. The number of hydrogen-bond donors (Lipinski definition) is 1. The number of likely N-dealkylation sites (N-methyl/N-ethyl adjacent to an activating group) is 2. The van der Waals surface area contributed by atoms with E-state index < -0.39 is 0 Å². The molecule has 0 aromatic rings. The van der Waals surface area contributed by atoms with Crippen LogP contribution in [0.3, 0.4) is 0 Å². The van der Waals surface area contributed by atoms with Gasteiger partial charge in [-0.3, -0.25) is 9.80 Å². The Bertz CT molecular complexity index is 208. The van der Waals surface area contributed by atoms with Crippen molar-refractivity contribution >= 4 is 0 Å². The van der Waals surface area contributed by atoms with Crippen molar-refractivity contribution < 1.29 is 0 Å². The van der Waals surface area contributed by atoms with Crippen molar-refractivity contribution in [3.05, 3.63) is 0 Å². The summed E-state index contributed by atoms with van der Waals surface area (Å²) < 4.78 is 0. The molecule has 3 aliphatic rings. The molecule has 19 heavy (non-hydrogen) atoms. The molecule has 112 valence electrons. The van der Waals surface area contributed by atoms with Crippen molar-refractivity contribution in [1.29, 1.82) is 0 Å². The van der Waals surface area contributed by atoms with Crippen LogP contribution in [0.25, 0.3) is 0 Å². The maximum atomic E-state index is 3.59. The average Bonchev–Trinajstić information content (AvgIpc) is 2.39. The largest absolute Gasteiger partial charge is 0.314 e. The van der Waals surface area contributed by atoms with Crippen molar-refractivity contribution in [1.82, 2.24) is 24.9 Å². The summed E-state index contributed by atoms with van der Waals surface area (Å²) in [7, 11) is 4.52. The van der Waals surface area contributed by atoms with E-state index in [0.717, 1.165) is 13.1 Å². The van der Waals surface area contributed by atoms with E-state index in [4.69, 9.17) is 0 Å². The zero-order valence-electron chi connectivity index (χ0n) is 12.8. The van der Waals surface area contributed by atoms with Crippen LogP contribution in [0.5, 0.6) is 0 Å². The Morgan fingerprint density at radius 2 is 0.895 bits per heavy atom. The van der Waals surface area contributed by atoms with Crippen molar-refractivity contribution in [3.8, 4) is 0 Å². The van der Waals surface area contributed by atoms with Gasteiger partial charge in [-0.15, -0.1) is 0 Å². The van der Waals surface area contributed by atoms with Gasteiger partial charge in [0.05, 0.1) is 0 Å². The molecule has 5 nitrogen and oxygen atoms in total. The summed E-state index contributed by atoms with van der Waals surface area (Å²) in [6.45, 7) is 14.2. The van der Waals surface area contributed by atoms with E-state index in [1.165, 1.54) is 65.4 Å². The standard InChI is InChI=1S/C14H31N5/c1-16-7-11-18-5-3-15-4-6-19(12-8-16)14-10-17(2)9-13-18/h15H,3-14H2,1-2H3. The first-order chi connectivity index (χ1) is 9.24. The fourth-order valence-corrected chi connectivity index (χ4v) is 2.74. The van der Waals surface area contributed by atoms with E-state index in [9.17, 15) is 0 Å². The van der Waals surface area contributed by atoms with Crippen LogP contribution in [0, 0.1) is 0 Å². The van der Waals surface area contributed by atoms with E-state index in [1.807, 2.05) is 0 Å². The number of fused-ring (bicyclic) bond motifs is 12. The molecule has 2 bridgehead atoms.